The monoisotopic (exact) mass is 265 g/mol. The molecule has 2 fully saturated rings. The Labute approximate surface area is 112 Å². The highest BCUT2D eigenvalue weighted by Crippen LogP contribution is 2.24. The zero-order chi connectivity index (χ0) is 12.5. The Bertz CT molecular complexity index is 465. The molecular weight excluding hydrogens is 250 g/mol. The third-order valence-electron chi connectivity index (χ3n) is 3.72. The molecule has 3 rings (SSSR count). The first-order valence-electron chi connectivity index (χ1n) is 6.28. The number of halogens is 1. The van der Waals surface area contributed by atoms with E-state index in [2.05, 4.69) is 10.2 Å². The molecule has 2 bridgehead atoms. The number of benzene rings is 1. The molecule has 0 radical (unpaired) electrons. The minimum Gasteiger partial charge on any atom is -0.319 e. The van der Waals surface area contributed by atoms with Crippen LogP contribution >= 0.6 is 11.6 Å². The highest BCUT2D eigenvalue weighted by atomic mass is 35.5. The fourth-order valence-electron chi connectivity index (χ4n) is 2.72. The number of carbonyl (C=O) groups excluding carboxylic acids is 1. The number of rotatable bonds is 1. The van der Waals surface area contributed by atoms with Gasteiger partial charge in [0.25, 0.3) is 0 Å². The van der Waals surface area contributed by atoms with Crippen molar-refractivity contribution < 1.29 is 4.79 Å². The van der Waals surface area contributed by atoms with Crippen LogP contribution in [-0.4, -0.2) is 48.1 Å². The highest BCUT2D eigenvalue weighted by Gasteiger charge is 2.35. The molecule has 2 heterocycles. The number of hydrogen-bond acceptors (Lipinski definition) is 2. The van der Waals surface area contributed by atoms with E-state index in [0.29, 0.717) is 16.8 Å². The van der Waals surface area contributed by atoms with Gasteiger partial charge in [0, 0.05) is 32.2 Å². The van der Waals surface area contributed by atoms with E-state index in [1.807, 2.05) is 23.1 Å². The lowest BCUT2D eigenvalue weighted by molar-refractivity contribution is 0.153. The number of piperazine rings is 1. The maximum Gasteiger partial charge on any atom is 0.322 e. The molecule has 96 valence electrons. The predicted molar refractivity (Wildman–Crippen MR) is 72.0 cm³/mol. The molecule has 2 aliphatic rings. The number of nitrogens with zero attached hydrogens (tertiary/aromatic N) is 2. The standard InChI is InChI=1S/C13H16ClN3O/c14-11-3-1-2-4-12(11)15-13(18)17-8-7-16-6-5-10(17)9-16/h1-4,10H,5-9H2,(H,15,18). The molecule has 5 heteroatoms. The van der Waals surface area contributed by atoms with Crippen LogP contribution in [0.15, 0.2) is 24.3 Å². The second-order valence-electron chi connectivity index (χ2n) is 4.85. The van der Waals surface area contributed by atoms with Gasteiger partial charge in [0.15, 0.2) is 0 Å². The van der Waals surface area contributed by atoms with Gasteiger partial charge < -0.3 is 10.2 Å². The number of urea groups is 1. The van der Waals surface area contributed by atoms with Crippen molar-refractivity contribution in [1.82, 2.24) is 9.80 Å². The summed E-state index contributed by atoms with van der Waals surface area (Å²) in [5.41, 5.74) is 0.685. The van der Waals surface area contributed by atoms with Gasteiger partial charge in [-0.05, 0) is 18.6 Å². The first-order chi connectivity index (χ1) is 8.74. The number of carbonyl (C=O) groups is 1. The van der Waals surface area contributed by atoms with Crippen LogP contribution in [0.4, 0.5) is 10.5 Å². The summed E-state index contributed by atoms with van der Waals surface area (Å²) in [4.78, 5) is 16.6. The molecule has 2 atom stereocenters. The van der Waals surface area contributed by atoms with Crippen molar-refractivity contribution in [2.24, 2.45) is 0 Å². The highest BCUT2D eigenvalue weighted by molar-refractivity contribution is 6.33. The molecule has 2 saturated heterocycles. The van der Waals surface area contributed by atoms with Gasteiger partial charge in [0.1, 0.15) is 0 Å². The molecule has 2 amide bonds. The van der Waals surface area contributed by atoms with Crippen LogP contribution in [0.1, 0.15) is 6.42 Å². The largest absolute Gasteiger partial charge is 0.322 e. The molecule has 18 heavy (non-hydrogen) atoms. The van der Waals surface area contributed by atoms with Gasteiger partial charge in [-0.3, -0.25) is 4.90 Å². The van der Waals surface area contributed by atoms with Crippen molar-refractivity contribution in [2.75, 3.05) is 31.5 Å². The normalized spacial score (nSPS) is 26.2. The summed E-state index contributed by atoms with van der Waals surface area (Å²) in [6.45, 7) is 3.91. The Balaban J connectivity index is 1.70. The predicted octanol–water partition coefficient (Wildman–Crippen LogP) is 2.26. The molecule has 1 aromatic carbocycles. The second kappa shape index (κ2) is 4.78. The quantitative estimate of drug-likeness (QED) is 0.846. The van der Waals surface area contributed by atoms with E-state index in [1.54, 1.807) is 6.07 Å². The lowest BCUT2D eigenvalue weighted by Crippen LogP contribution is -2.51. The number of amides is 2. The van der Waals surface area contributed by atoms with Crippen molar-refractivity contribution in [3.8, 4) is 0 Å². The average molecular weight is 266 g/mol. The minimum absolute atomic E-state index is 0.0327. The van der Waals surface area contributed by atoms with Crippen molar-refractivity contribution in [3.63, 3.8) is 0 Å². The molecule has 0 spiro atoms. The molecule has 1 aromatic rings. The third kappa shape index (κ3) is 2.18. The zero-order valence-corrected chi connectivity index (χ0v) is 10.9. The Morgan fingerprint density at radius 2 is 2.11 bits per heavy atom. The summed E-state index contributed by atoms with van der Waals surface area (Å²) >= 11 is 6.04. The SMILES string of the molecule is O=C(Nc1ccccc1Cl)N1CCN2CCC1C2. The first kappa shape index (κ1) is 11.8. The molecule has 0 aromatic heterocycles. The molecule has 4 nitrogen and oxygen atoms in total. The Hall–Kier alpha value is -1.26. The van der Waals surface area contributed by atoms with Gasteiger partial charge in [0.2, 0.25) is 0 Å². The second-order valence-corrected chi connectivity index (χ2v) is 5.25. The fourth-order valence-corrected chi connectivity index (χ4v) is 2.90. The summed E-state index contributed by atoms with van der Waals surface area (Å²) in [6, 6.07) is 7.66. The Morgan fingerprint density at radius 1 is 1.28 bits per heavy atom. The van der Waals surface area contributed by atoms with E-state index in [4.69, 9.17) is 11.6 Å². The van der Waals surface area contributed by atoms with Crippen LogP contribution in [0, 0.1) is 0 Å². The van der Waals surface area contributed by atoms with Crippen LogP contribution < -0.4 is 5.32 Å². The Morgan fingerprint density at radius 3 is 2.94 bits per heavy atom. The van der Waals surface area contributed by atoms with E-state index < -0.39 is 0 Å². The van der Waals surface area contributed by atoms with Crippen LogP contribution in [-0.2, 0) is 0 Å². The van der Waals surface area contributed by atoms with Gasteiger partial charge in [-0.1, -0.05) is 23.7 Å². The minimum atomic E-state index is -0.0327. The average Bonchev–Trinajstić information content (AvgIpc) is 2.74. The van der Waals surface area contributed by atoms with Crippen LogP contribution in [0.2, 0.25) is 5.02 Å². The molecule has 0 aliphatic carbocycles. The summed E-state index contributed by atoms with van der Waals surface area (Å²) in [5, 5.41) is 3.48. The number of hydrogen-bond donors (Lipinski definition) is 1. The van der Waals surface area contributed by atoms with Crippen LogP contribution in [0.25, 0.3) is 0 Å². The van der Waals surface area contributed by atoms with E-state index in [-0.39, 0.29) is 6.03 Å². The molecule has 1 N–H and O–H groups in total. The molecular formula is C13H16ClN3O. The van der Waals surface area contributed by atoms with E-state index in [9.17, 15) is 4.79 Å². The smallest absolute Gasteiger partial charge is 0.319 e. The van der Waals surface area contributed by atoms with Crippen LogP contribution in [0.3, 0.4) is 0 Å². The topological polar surface area (TPSA) is 35.6 Å². The fraction of sp³-hybridized carbons (Fsp3) is 0.462. The molecule has 2 aliphatic heterocycles. The van der Waals surface area contributed by atoms with Gasteiger partial charge in [0.05, 0.1) is 10.7 Å². The number of fused-ring (bicyclic) bond motifs is 2. The summed E-state index contributed by atoms with van der Waals surface area (Å²) in [5.74, 6) is 0. The van der Waals surface area contributed by atoms with E-state index in [1.165, 1.54) is 0 Å². The van der Waals surface area contributed by atoms with Gasteiger partial charge in [-0.15, -0.1) is 0 Å². The van der Waals surface area contributed by atoms with Gasteiger partial charge in [-0.2, -0.15) is 0 Å². The summed E-state index contributed by atoms with van der Waals surface area (Å²) in [6.07, 6.45) is 1.08. The summed E-state index contributed by atoms with van der Waals surface area (Å²) < 4.78 is 0. The lowest BCUT2D eigenvalue weighted by Gasteiger charge is -2.34. The summed E-state index contributed by atoms with van der Waals surface area (Å²) in [7, 11) is 0. The number of nitrogens with one attached hydrogen (secondary N) is 1. The maximum atomic E-state index is 12.2. The van der Waals surface area contributed by atoms with Gasteiger partial charge in [-0.25, -0.2) is 4.79 Å². The molecule has 2 unspecified atom stereocenters. The Kier molecular flexibility index (Phi) is 3.14. The maximum absolute atomic E-state index is 12.2. The van der Waals surface area contributed by atoms with Crippen molar-refractivity contribution in [3.05, 3.63) is 29.3 Å². The lowest BCUT2D eigenvalue weighted by atomic mass is 10.2. The van der Waals surface area contributed by atoms with E-state index in [0.717, 1.165) is 32.6 Å². The molecule has 0 saturated carbocycles. The van der Waals surface area contributed by atoms with Crippen LogP contribution in [0.5, 0.6) is 0 Å². The third-order valence-corrected chi connectivity index (χ3v) is 4.05. The number of anilines is 1. The number of para-hydroxylation sites is 1. The van der Waals surface area contributed by atoms with E-state index >= 15 is 0 Å². The van der Waals surface area contributed by atoms with Gasteiger partial charge >= 0.3 is 6.03 Å². The van der Waals surface area contributed by atoms with Crippen molar-refractivity contribution in [2.45, 2.75) is 12.5 Å². The first-order valence-corrected chi connectivity index (χ1v) is 6.66. The van der Waals surface area contributed by atoms with Crippen molar-refractivity contribution >= 4 is 23.3 Å². The van der Waals surface area contributed by atoms with Crippen molar-refractivity contribution in [1.29, 1.82) is 0 Å². The zero-order valence-electron chi connectivity index (χ0n) is 10.1.